The molecule has 0 aliphatic rings. The smallest absolute Gasteiger partial charge is 0.123 e. The van der Waals surface area contributed by atoms with Crippen molar-refractivity contribution in [2.45, 2.75) is 58.4 Å². The van der Waals surface area contributed by atoms with Crippen molar-refractivity contribution in [1.82, 2.24) is 0 Å². The van der Waals surface area contributed by atoms with Gasteiger partial charge >= 0.3 is 0 Å². The maximum atomic E-state index is 13.2. The molecule has 2 heteroatoms. The zero-order valence-corrected chi connectivity index (χ0v) is 11.2. The quantitative estimate of drug-likeness (QED) is 0.796. The first-order valence-electron chi connectivity index (χ1n) is 6.54. The first-order valence-corrected chi connectivity index (χ1v) is 6.54. The van der Waals surface area contributed by atoms with E-state index < -0.39 is 0 Å². The number of halogens is 1. The lowest BCUT2D eigenvalue weighted by Gasteiger charge is -2.29. The van der Waals surface area contributed by atoms with Gasteiger partial charge in [-0.3, -0.25) is 0 Å². The second-order valence-electron chi connectivity index (χ2n) is 5.07. The summed E-state index contributed by atoms with van der Waals surface area (Å²) < 4.78 is 13.2. The van der Waals surface area contributed by atoms with Crippen LogP contribution >= 0.6 is 0 Å². The molecule has 0 bridgehead atoms. The summed E-state index contributed by atoms with van der Waals surface area (Å²) in [6.45, 7) is 6.30. The monoisotopic (exact) mass is 237 g/mol. The molecule has 0 aromatic heterocycles. The highest BCUT2D eigenvalue weighted by Gasteiger charge is 2.23. The van der Waals surface area contributed by atoms with E-state index >= 15 is 0 Å². The van der Waals surface area contributed by atoms with E-state index in [2.05, 4.69) is 13.8 Å². The van der Waals surface area contributed by atoms with Gasteiger partial charge in [-0.25, -0.2) is 4.39 Å². The molecule has 0 saturated carbocycles. The molecular formula is C15H24FN. The lowest BCUT2D eigenvalue weighted by Crippen LogP contribution is -2.41. The number of benzene rings is 1. The molecule has 1 atom stereocenters. The van der Waals surface area contributed by atoms with Crippen molar-refractivity contribution in [1.29, 1.82) is 0 Å². The second-order valence-corrected chi connectivity index (χ2v) is 5.07. The number of hydrogen-bond acceptors (Lipinski definition) is 1. The van der Waals surface area contributed by atoms with Crippen molar-refractivity contribution in [3.63, 3.8) is 0 Å². The van der Waals surface area contributed by atoms with Crippen LogP contribution in [0.2, 0.25) is 0 Å². The standard InChI is InChI=1S/C15H24FN/c1-4-6-9-15(17,5-2)11-13-10-14(16)8-7-12(13)3/h7-8,10H,4-6,9,11,17H2,1-3H3. The summed E-state index contributed by atoms with van der Waals surface area (Å²) in [7, 11) is 0. The predicted molar refractivity (Wildman–Crippen MR) is 71.6 cm³/mol. The van der Waals surface area contributed by atoms with Crippen LogP contribution in [0.25, 0.3) is 0 Å². The molecule has 0 heterocycles. The number of unbranched alkanes of at least 4 members (excludes halogenated alkanes) is 1. The highest BCUT2D eigenvalue weighted by molar-refractivity contribution is 5.28. The molecule has 17 heavy (non-hydrogen) atoms. The molecule has 1 unspecified atom stereocenters. The molecule has 0 amide bonds. The van der Waals surface area contributed by atoms with E-state index in [9.17, 15) is 4.39 Å². The molecule has 0 spiro atoms. The Morgan fingerprint density at radius 3 is 2.59 bits per heavy atom. The highest BCUT2D eigenvalue weighted by atomic mass is 19.1. The normalized spacial score (nSPS) is 14.6. The van der Waals surface area contributed by atoms with E-state index in [1.54, 1.807) is 6.07 Å². The highest BCUT2D eigenvalue weighted by Crippen LogP contribution is 2.23. The van der Waals surface area contributed by atoms with E-state index in [0.717, 1.165) is 43.2 Å². The van der Waals surface area contributed by atoms with Gasteiger partial charge in [0.25, 0.3) is 0 Å². The Morgan fingerprint density at radius 2 is 2.00 bits per heavy atom. The van der Waals surface area contributed by atoms with Crippen molar-refractivity contribution >= 4 is 0 Å². The second kappa shape index (κ2) is 6.15. The van der Waals surface area contributed by atoms with Crippen LogP contribution in [0.15, 0.2) is 18.2 Å². The minimum atomic E-state index is -0.186. The molecule has 2 N–H and O–H groups in total. The van der Waals surface area contributed by atoms with Crippen LogP contribution in [0.3, 0.4) is 0 Å². The zero-order valence-electron chi connectivity index (χ0n) is 11.2. The Hall–Kier alpha value is -0.890. The molecule has 1 nitrogen and oxygen atoms in total. The van der Waals surface area contributed by atoms with Crippen LogP contribution in [-0.4, -0.2) is 5.54 Å². The van der Waals surface area contributed by atoms with Crippen LogP contribution in [0, 0.1) is 12.7 Å². The molecule has 1 rings (SSSR count). The number of rotatable bonds is 6. The summed E-state index contributed by atoms with van der Waals surface area (Å²) in [6, 6.07) is 4.97. The summed E-state index contributed by atoms with van der Waals surface area (Å²) in [5.41, 5.74) is 8.40. The minimum absolute atomic E-state index is 0.167. The number of aryl methyl sites for hydroxylation is 1. The lowest BCUT2D eigenvalue weighted by molar-refractivity contribution is 0.364. The molecule has 96 valence electrons. The van der Waals surface area contributed by atoms with Gasteiger partial charge in [-0.05, 0) is 49.4 Å². The zero-order chi connectivity index (χ0) is 12.9. The van der Waals surface area contributed by atoms with E-state index in [1.807, 2.05) is 13.0 Å². The van der Waals surface area contributed by atoms with Crippen LogP contribution in [0.4, 0.5) is 4.39 Å². The van der Waals surface area contributed by atoms with Crippen LogP contribution < -0.4 is 5.73 Å². The molecule has 0 aliphatic carbocycles. The van der Waals surface area contributed by atoms with E-state index in [-0.39, 0.29) is 11.4 Å². The van der Waals surface area contributed by atoms with Gasteiger partial charge in [-0.15, -0.1) is 0 Å². The third kappa shape index (κ3) is 4.12. The van der Waals surface area contributed by atoms with Gasteiger partial charge in [0.1, 0.15) is 5.82 Å². The van der Waals surface area contributed by atoms with Gasteiger partial charge in [-0.2, -0.15) is 0 Å². The fourth-order valence-corrected chi connectivity index (χ4v) is 2.13. The average molecular weight is 237 g/mol. The van der Waals surface area contributed by atoms with Crippen molar-refractivity contribution < 1.29 is 4.39 Å². The largest absolute Gasteiger partial charge is 0.325 e. The Kier molecular flexibility index (Phi) is 5.13. The summed E-state index contributed by atoms with van der Waals surface area (Å²) in [5.74, 6) is -0.167. The van der Waals surface area contributed by atoms with E-state index in [0.29, 0.717) is 0 Å². The van der Waals surface area contributed by atoms with E-state index in [1.165, 1.54) is 6.07 Å². The summed E-state index contributed by atoms with van der Waals surface area (Å²) in [5, 5.41) is 0. The van der Waals surface area contributed by atoms with Crippen LogP contribution in [0.5, 0.6) is 0 Å². The Morgan fingerprint density at radius 1 is 1.29 bits per heavy atom. The van der Waals surface area contributed by atoms with Gasteiger partial charge < -0.3 is 5.73 Å². The third-order valence-electron chi connectivity index (χ3n) is 3.59. The maximum Gasteiger partial charge on any atom is 0.123 e. The topological polar surface area (TPSA) is 26.0 Å². The summed E-state index contributed by atoms with van der Waals surface area (Å²) in [4.78, 5) is 0. The maximum absolute atomic E-state index is 13.2. The molecule has 0 saturated heterocycles. The van der Waals surface area contributed by atoms with Crippen LogP contribution in [0.1, 0.15) is 50.7 Å². The third-order valence-corrected chi connectivity index (χ3v) is 3.59. The Labute approximate surface area is 104 Å². The number of hydrogen-bond donors (Lipinski definition) is 1. The first-order chi connectivity index (χ1) is 8.00. The van der Waals surface area contributed by atoms with Gasteiger partial charge in [0.05, 0.1) is 0 Å². The lowest BCUT2D eigenvalue weighted by atomic mass is 9.83. The van der Waals surface area contributed by atoms with Crippen molar-refractivity contribution in [3.05, 3.63) is 35.1 Å². The van der Waals surface area contributed by atoms with Crippen molar-refractivity contribution in [3.8, 4) is 0 Å². The Balaban J connectivity index is 2.82. The summed E-state index contributed by atoms with van der Waals surface area (Å²) in [6.07, 6.45) is 5.01. The van der Waals surface area contributed by atoms with Crippen molar-refractivity contribution in [2.24, 2.45) is 5.73 Å². The predicted octanol–water partition coefficient (Wildman–Crippen LogP) is 3.97. The van der Waals surface area contributed by atoms with Gasteiger partial charge in [0.15, 0.2) is 0 Å². The molecule has 0 aliphatic heterocycles. The molecule has 1 aromatic rings. The number of nitrogens with two attached hydrogens (primary N) is 1. The minimum Gasteiger partial charge on any atom is -0.325 e. The fourth-order valence-electron chi connectivity index (χ4n) is 2.13. The fraction of sp³-hybridized carbons (Fsp3) is 0.600. The van der Waals surface area contributed by atoms with Gasteiger partial charge in [0.2, 0.25) is 0 Å². The SMILES string of the molecule is CCCCC(N)(CC)Cc1cc(F)ccc1C. The Bertz CT molecular complexity index is 362. The molecule has 1 aromatic carbocycles. The van der Waals surface area contributed by atoms with Gasteiger partial charge in [0, 0.05) is 5.54 Å². The molecule has 0 fully saturated rings. The van der Waals surface area contributed by atoms with Crippen molar-refractivity contribution in [2.75, 3.05) is 0 Å². The van der Waals surface area contributed by atoms with Gasteiger partial charge in [-0.1, -0.05) is 32.8 Å². The molecular weight excluding hydrogens is 213 g/mol. The molecule has 0 radical (unpaired) electrons. The summed E-state index contributed by atoms with van der Waals surface area (Å²) >= 11 is 0. The average Bonchev–Trinajstić information content (AvgIpc) is 2.31. The first kappa shape index (κ1) is 14.2. The van der Waals surface area contributed by atoms with Crippen LogP contribution in [-0.2, 0) is 6.42 Å². The van der Waals surface area contributed by atoms with E-state index in [4.69, 9.17) is 5.73 Å².